The smallest absolute Gasteiger partial charge is 0.225 e. The van der Waals surface area contributed by atoms with Crippen molar-refractivity contribution in [3.8, 4) is 0 Å². The maximum atomic E-state index is 10.8. The van der Waals surface area contributed by atoms with Crippen molar-refractivity contribution in [2.45, 2.75) is 11.8 Å². The maximum Gasteiger partial charge on any atom is 0.239 e. The summed E-state index contributed by atoms with van der Waals surface area (Å²) in [5, 5.41) is 4.89. The van der Waals surface area contributed by atoms with Gasteiger partial charge in [0.25, 0.3) is 0 Å². The molecule has 0 amide bonds. The number of primary sulfonamides is 1. The van der Waals surface area contributed by atoms with Crippen LogP contribution in [-0.4, -0.2) is 8.42 Å². The molecule has 1 aromatic rings. The molecule has 2 N–H and O–H groups in total. The summed E-state index contributed by atoms with van der Waals surface area (Å²) in [6.45, 7) is 1.66. The minimum atomic E-state index is -3.59. The van der Waals surface area contributed by atoms with E-state index in [4.69, 9.17) is 16.7 Å². The second-order valence-electron chi connectivity index (χ2n) is 2.02. The second kappa shape index (κ2) is 2.75. The molecule has 1 rings (SSSR count). The topological polar surface area (TPSA) is 60.2 Å². The summed E-state index contributed by atoms with van der Waals surface area (Å²) in [5.41, 5.74) is 0. The second-order valence-corrected chi connectivity index (χ2v) is 5.43. The molecule has 0 radical (unpaired) electrons. The van der Waals surface area contributed by atoms with Crippen LogP contribution in [-0.2, 0) is 10.0 Å². The lowest BCUT2D eigenvalue weighted by Crippen LogP contribution is -2.11. The molecule has 0 atom stereocenters. The lowest BCUT2D eigenvalue weighted by atomic mass is 10.5. The van der Waals surface area contributed by atoms with Gasteiger partial charge in [0.05, 0.1) is 9.23 Å². The van der Waals surface area contributed by atoms with Crippen LogP contribution in [0.1, 0.15) is 4.88 Å². The highest BCUT2D eigenvalue weighted by molar-refractivity contribution is 7.89. The number of nitrogens with two attached hydrogens (primary N) is 1. The van der Waals surface area contributed by atoms with Crippen molar-refractivity contribution in [2.24, 2.45) is 5.14 Å². The number of hydrogen-bond acceptors (Lipinski definition) is 3. The fourth-order valence-corrected chi connectivity index (χ4v) is 3.09. The molecule has 0 aliphatic carbocycles. The van der Waals surface area contributed by atoms with Gasteiger partial charge in [-0.25, -0.2) is 13.6 Å². The van der Waals surface area contributed by atoms with Crippen LogP contribution in [0.25, 0.3) is 0 Å². The van der Waals surface area contributed by atoms with Gasteiger partial charge in [-0.2, -0.15) is 0 Å². The maximum absolute atomic E-state index is 10.8. The van der Waals surface area contributed by atoms with Crippen LogP contribution in [0.4, 0.5) is 0 Å². The normalized spacial score (nSPS) is 11.9. The molecule has 0 saturated carbocycles. The first-order chi connectivity index (χ1) is 4.91. The van der Waals surface area contributed by atoms with E-state index in [1.54, 1.807) is 6.92 Å². The van der Waals surface area contributed by atoms with Crippen molar-refractivity contribution < 1.29 is 8.42 Å². The molecule has 0 saturated heterocycles. The predicted molar refractivity (Wildman–Crippen MR) is 45.4 cm³/mol. The van der Waals surface area contributed by atoms with Crippen molar-refractivity contribution in [3.63, 3.8) is 0 Å². The molecule has 11 heavy (non-hydrogen) atoms. The molecule has 0 aromatic carbocycles. The Labute approximate surface area is 73.8 Å². The Balaban J connectivity index is 3.36. The van der Waals surface area contributed by atoms with Crippen molar-refractivity contribution in [1.82, 2.24) is 0 Å². The van der Waals surface area contributed by atoms with Crippen LogP contribution < -0.4 is 5.14 Å². The summed E-state index contributed by atoms with van der Waals surface area (Å²) in [5.74, 6) is 0. The van der Waals surface area contributed by atoms with Gasteiger partial charge in [-0.05, 0) is 13.0 Å². The molecule has 0 bridgehead atoms. The standard InChI is InChI=1S/C5H6ClNO2S2/c1-3-4(11(7,8)9)2-5(6)10-3/h2H,1H3,(H2,7,8,9). The van der Waals surface area contributed by atoms with Gasteiger partial charge in [-0.3, -0.25) is 0 Å². The Morgan fingerprint density at radius 2 is 2.18 bits per heavy atom. The Kier molecular flexibility index (Phi) is 2.24. The number of halogens is 1. The van der Waals surface area contributed by atoms with Crippen molar-refractivity contribution in [2.75, 3.05) is 0 Å². The molecule has 0 fully saturated rings. The third-order valence-electron chi connectivity index (χ3n) is 1.15. The third kappa shape index (κ3) is 1.93. The summed E-state index contributed by atoms with van der Waals surface area (Å²) < 4.78 is 22.0. The van der Waals surface area contributed by atoms with Gasteiger partial charge >= 0.3 is 0 Å². The largest absolute Gasteiger partial charge is 0.239 e. The molecule has 0 unspecified atom stereocenters. The van der Waals surface area contributed by atoms with Crippen molar-refractivity contribution in [3.05, 3.63) is 15.3 Å². The van der Waals surface area contributed by atoms with Gasteiger partial charge < -0.3 is 0 Å². The van der Waals surface area contributed by atoms with E-state index < -0.39 is 10.0 Å². The molecular formula is C5H6ClNO2S2. The first kappa shape index (κ1) is 8.99. The zero-order valence-corrected chi connectivity index (χ0v) is 8.05. The average molecular weight is 212 g/mol. The van der Waals surface area contributed by atoms with E-state index in [9.17, 15) is 8.42 Å². The Morgan fingerprint density at radius 3 is 2.36 bits per heavy atom. The summed E-state index contributed by atoms with van der Waals surface area (Å²) >= 11 is 6.77. The molecule has 0 spiro atoms. The lowest BCUT2D eigenvalue weighted by Gasteiger charge is -1.92. The molecule has 3 nitrogen and oxygen atoms in total. The number of hydrogen-bond donors (Lipinski definition) is 1. The van der Waals surface area contributed by atoms with Crippen molar-refractivity contribution >= 4 is 33.0 Å². The van der Waals surface area contributed by atoms with Gasteiger partial charge in [0.2, 0.25) is 10.0 Å². The molecule has 1 aromatic heterocycles. The minimum absolute atomic E-state index is 0.118. The number of rotatable bonds is 1. The van der Waals surface area contributed by atoms with E-state index in [1.165, 1.54) is 17.4 Å². The first-order valence-electron chi connectivity index (χ1n) is 2.70. The lowest BCUT2D eigenvalue weighted by molar-refractivity contribution is 0.597. The highest BCUT2D eigenvalue weighted by atomic mass is 35.5. The van der Waals surface area contributed by atoms with Gasteiger partial charge in [-0.1, -0.05) is 11.6 Å². The minimum Gasteiger partial charge on any atom is -0.225 e. The SMILES string of the molecule is Cc1sc(Cl)cc1S(N)(=O)=O. The van der Waals surface area contributed by atoms with Crippen LogP contribution >= 0.6 is 22.9 Å². The average Bonchev–Trinajstić information content (AvgIpc) is 2.08. The third-order valence-corrected chi connectivity index (χ3v) is 3.49. The fraction of sp³-hybridized carbons (Fsp3) is 0.200. The van der Waals surface area contributed by atoms with Gasteiger partial charge in [0.15, 0.2) is 0 Å². The Morgan fingerprint density at radius 1 is 1.64 bits per heavy atom. The zero-order valence-electron chi connectivity index (χ0n) is 5.67. The van der Waals surface area contributed by atoms with E-state index >= 15 is 0 Å². The van der Waals surface area contributed by atoms with Crippen LogP contribution in [0.5, 0.6) is 0 Å². The summed E-state index contributed by atoms with van der Waals surface area (Å²) in [6.07, 6.45) is 0. The van der Waals surface area contributed by atoms with E-state index in [2.05, 4.69) is 0 Å². The van der Waals surface area contributed by atoms with Gasteiger partial charge in [0.1, 0.15) is 0 Å². The van der Waals surface area contributed by atoms with Crippen molar-refractivity contribution in [1.29, 1.82) is 0 Å². The quantitative estimate of drug-likeness (QED) is 0.763. The highest BCUT2D eigenvalue weighted by Gasteiger charge is 2.14. The fourth-order valence-electron chi connectivity index (χ4n) is 0.713. The van der Waals surface area contributed by atoms with Gasteiger partial charge in [-0.15, -0.1) is 11.3 Å². The highest BCUT2D eigenvalue weighted by Crippen LogP contribution is 2.28. The molecule has 0 aliphatic heterocycles. The van der Waals surface area contributed by atoms with Crippen LogP contribution in [0.15, 0.2) is 11.0 Å². The number of sulfonamides is 1. The van der Waals surface area contributed by atoms with Gasteiger partial charge in [0, 0.05) is 4.88 Å². The molecule has 1 heterocycles. The Hall–Kier alpha value is -0.100. The van der Waals surface area contributed by atoms with E-state index in [-0.39, 0.29) is 4.90 Å². The molecule has 0 aliphatic rings. The molecular weight excluding hydrogens is 206 g/mol. The Bertz CT molecular complexity index is 368. The van der Waals surface area contributed by atoms with E-state index in [1.807, 2.05) is 0 Å². The van der Waals surface area contributed by atoms with Crippen LogP contribution in [0, 0.1) is 6.92 Å². The van der Waals surface area contributed by atoms with Crippen LogP contribution in [0.3, 0.4) is 0 Å². The zero-order chi connectivity index (χ0) is 8.65. The summed E-state index contributed by atoms with van der Waals surface area (Å²) in [7, 11) is -3.59. The van der Waals surface area contributed by atoms with E-state index in [0.29, 0.717) is 9.21 Å². The molecule has 6 heteroatoms. The summed E-state index contributed by atoms with van der Waals surface area (Å²) in [4.78, 5) is 0.741. The number of aryl methyl sites for hydroxylation is 1. The molecule has 62 valence electrons. The first-order valence-corrected chi connectivity index (χ1v) is 5.44. The number of thiophene rings is 1. The predicted octanol–water partition coefficient (Wildman–Crippen LogP) is 1.36. The van der Waals surface area contributed by atoms with Crippen LogP contribution in [0.2, 0.25) is 4.34 Å². The summed E-state index contributed by atoms with van der Waals surface area (Å²) in [6, 6.07) is 1.36. The monoisotopic (exact) mass is 211 g/mol. The van der Waals surface area contributed by atoms with E-state index in [0.717, 1.165) is 0 Å².